The predicted molar refractivity (Wildman–Crippen MR) is 87.2 cm³/mol. The summed E-state index contributed by atoms with van der Waals surface area (Å²) in [5.74, 6) is -0.175. The number of hydrogen-bond donors (Lipinski definition) is 1. The number of benzene rings is 2. The van der Waals surface area contributed by atoms with Gasteiger partial charge in [0.05, 0.1) is 6.04 Å². The predicted octanol–water partition coefficient (Wildman–Crippen LogP) is 5.65. The minimum Gasteiger partial charge on any atom is -0.377 e. The highest BCUT2D eigenvalue weighted by Crippen LogP contribution is 2.28. The standard InChI is InChI=1S/C15H14ClFIN/c1-2-14(11-5-3-4-6-12(11)17)19-15-8-7-10(16)9-13(15)18/h3-9,14,19H,2H2,1H3. The van der Waals surface area contributed by atoms with Crippen molar-refractivity contribution in [1.82, 2.24) is 0 Å². The summed E-state index contributed by atoms with van der Waals surface area (Å²) in [6.07, 6.45) is 0.805. The molecule has 0 saturated carbocycles. The van der Waals surface area contributed by atoms with Crippen LogP contribution in [0.2, 0.25) is 5.02 Å². The van der Waals surface area contributed by atoms with Gasteiger partial charge in [0.25, 0.3) is 0 Å². The molecule has 0 aliphatic heterocycles. The average Bonchev–Trinajstić information content (AvgIpc) is 2.39. The lowest BCUT2D eigenvalue weighted by atomic mass is 10.0. The van der Waals surface area contributed by atoms with Crippen molar-refractivity contribution in [1.29, 1.82) is 0 Å². The second kappa shape index (κ2) is 6.57. The second-order valence-corrected chi connectivity index (χ2v) is 5.85. The summed E-state index contributed by atoms with van der Waals surface area (Å²) in [5, 5.41) is 4.08. The monoisotopic (exact) mass is 389 g/mol. The lowest BCUT2D eigenvalue weighted by molar-refractivity contribution is 0.587. The minimum atomic E-state index is -0.175. The molecule has 0 aliphatic carbocycles. The third-order valence-corrected chi connectivity index (χ3v) is 4.08. The van der Waals surface area contributed by atoms with Crippen LogP contribution in [0.15, 0.2) is 42.5 Å². The van der Waals surface area contributed by atoms with Crippen molar-refractivity contribution in [3.63, 3.8) is 0 Å². The van der Waals surface area contributed by atoms with Crippen LogP contribution in [0.1, 0.15) is 24.9 Å². The Labute approximate surface area is 131 Å². The largest absolute Gasteiger partial charge is 0.377 e. The topological polar surface area (TPSA) is 12.0 Å². The highest BCUT2D eigenvalue weighted by molar-refractivity contribution is 14.1. The Kier molecular flexibility index (Phi) is 5.05. The Balaban J connectivity index is 2.27. The van der Waals surface area contributed by atoms with Gasteiger partial charge in [0.15, 0.2) is 0 Å². The molecule has 2 rings (SSSR count). The summed E-state index contributed by atoms with van der Waals surface area (Å²) in [5.41, 5.74) is 1.66. The molecule has 1 unspecified atom stereocenters. The van der Waals surface area contributed by atoms with Gasteiger partial charge in [-0.15, -0.1) is 0 Å². The van der Waals surface area contributed by atoms with Crippen LogP contribution in [-0.4, -0.2) is 0 Å². The molecule has 2 aromatic carbocycles. The van der Waals surface area contributed by atoms with Crippen molar-refractivity contribution >= 4 is 39.9 Å². The number of anilines is 1. The van der Waals surface area contributed by atoms with Crippen LogP contribution in [0.5, 0.6) is 0 Å². The summed E-state index contributed by atoms with van der Waals surface area (Å²) in [6.45, 7) is 2.03. The maximum absolute atomic E-state index is 13.8. The summed E-state index contributed by atoms with van der Waals surface area (Å²) < 4.78 is 14.9. The van der Waals surface area contributed by atoms with Crippen LogP contribution in [-0.2, 0) is 0 Å². The first kappa shape index (κ1) is 14.6. The molecule has 0 fully saturated rings. The van der Waals surface area contributed by atoms with Crippen molar-refractivity contribution in [2.24, 2.45) is 0 Å². The van der Waals surface area contributed by atoms with Crippen LogP contribution < -0.4 is 5.32 Å². The highest BCUT2D eigenvalue weighted by Gasteiger charge is 2.14. The van der Waals surface area contributed by atoms with Crippen molar-refractivity contribution in [3.05, 3.63) is 62.4 Å². The van der Waals surface area contributed by atoms with E-state index in [0.717, 1.165) is 15.7 Å². The van der Waals surface area contributed by atoms with Gasteiger partial charge >= 0.3 is 0 Å². The molecular formula is C15H14ClFIN. The fourth-order valence-corrected chi connectivity index (χ4v) is 2.98. The van der Waals surface area contributed by atoms with Gasteiger partial charge in [-0.25, -0.2) is 4.39 Å². The lowest BCUT2D eigenvalue weighted by Crippen LogP contribution is -2.12. The highest BCUT2D eigenvalue weighted by atomic mass is 127. The maximum atomic E-state index is 13.8. The van der Waals surface area contributed by atoms with Crippen LogP contribution >= 0.6 is 34.2 Å². The lowest BCUT2D eigenvalue weighted by Gasteiger charge is -2.20. The van der Waals surface area contributed by atoms with Gasteiger partial charge in [-0.2, -0.15) is 0 Å². The van der Waals surface area contributed by atoms with E-state index in [2.05, 4.69) is 27.9 Å². The molecule has 0 saturated heterocycles. The zero-order valence-corrected chi connectivity index (χ0v) is 13.4. The van der Waals surface area contributed by atoms with Gasteiger partial charge in [0.2, 0.25) is 0 Å². The van der Waals surface area contributed by atoms with E-state index >= 15 is 0 Å². The molecule has 0 aliphatic rings. The first-order valence-electron chi connectivity index (χ1n) is 6.08. The molecule has 4 heteroatoms. The zero-order chi connectivity index (χ0) is 13.8. The summed E-state index contributed by atoms with van der Waals surface area (Å²) >= 11 is 8.16. The Bertz CT molecular complexity index is 574. The van der Waals surface area contributed by atoms with Gasteiger partial charge in [-0.05, 0) is 53.3 Å². The van der Waals surface area contributed by atoms with Crippen molar-refractivity contribution < 1.29 is 4.39 Å². The molecule has 1 N–H and O–H groups in total. The Hall–Kier alpha value is -0.810. The fraction of sp³-hybridized carbons (Fsp3) is 0.200. The van der Waals surface area contributed by atoms with E-state index in [1.54, 1.807) is 6.07 Å². The Morgan fingerprint density at radius 2 is 2.00 bits per heavy atom. The van der Waals surface area contributed by atoms with Crippen molar-refractivity contribution in [2.75, 3.05) is 5.32 Å². The van der Waals surface area contributed by atoms with Crippen LogP contribution in [0.25, 0.3) is 0 Å². The van der Waals surface area contributed by atoms with E-state index < -0.39 is 0 Å². The molecule has 1 atom stereocenters. The third kappa shape index (κ3) is 3.60. The SMILES string of the molecule is CCC(Nc1ccc(Cl)cc1I)c1ccccc1F. The number of rotatable bonds is 4. The minimum absolute atomic E-state index is 0.0455. The van der Waals surface area contributed by atoms with E-state index in [9.17, 15) is 4.39 Å². The molecule has 0 bridgehead atoms. The summed E-state index contributed by atoms with van der Waals surface area (Å²) in [4.78, 5) is 0. The quantitative estimate of drug-likeness (QED) is 0.667. The maximum Gasteiger partial charge on any atom is 0.128 e. The van der Waals surface area contributed by atoms with Gasteiger partial charge in [-0.1, -0.05) is 36.7 Å². The summed E-state index contributed by atoms with van der Waals surface area (Å²) in [6, 6.07) is 12.5. The Morgan fingerprint density at radius 1 is 1.26 bits per heavy atom. The molecule has 19 heavy (non-hydrogen) atoms. The van der Waals surface area contributed by atoms with E-state index in [4.69, 9.17) is 11.6 Å². The first-order valence-corrected chi connectivity index (χ1v) is 7.53. The average molecular weight is 390 g/mol. The molecule has 2 aromatic rings. The van der Waals surface area contributed by atoms with E-state index in [1.165, 1.54) is 6.07 Å². The third-order valence-electron chi connectivity index (χ3n) is 2.95. The summed E-state index contributed by atoms with van der Waals surface area (Å²) in [7, 11) is 0. The van der Waals surface area contributed by atoms with E-state index in [1.807, 2.05) is 37.3 Å². The normalized spacial score (nSPS) is 12.2. The molecule has 0 spiro atoms. The fourth-order valence-electron chi connectivity index (χ4n) is 1.95. The van der Waals surface area contributed by atoms with Gasteiger partial charge in [0.1, 0.15) is 5.82 Å². The molecule has 1 nitrogen and oxygen atoms in total. The van der Waals surface area contributed by atoms with Gasteiger partial charge in [0, 0.05) is 19.8 Å². The molecule has 100 valence electrons. The first-order chi connectivity index (χ1) is 9.11. The zero-order valence-electron chi connectivity index (χ0n) is 10.5. The smallest absolute Gasteiger partial charge is 0.128 e. The van der Waals surface area contributed by atoms with Crippen LogP contribution in [0.4, 0.5) is 10.1 Å². The van der Waals surface area contributed by atoms with Gasteiger partial charge in [-0.3, -0.25) is 0 Å². The molecule has 0 amide bonds. The molecule has 0 heterocycles. The molecular weight excluding hydrogens is 376 g/mol. The molecule has 0 aromatic heterocycles. The number of nitrogens with one attached hydrogen (secondary N) is 1. The van der Waals surface area contributed by atoms with E-state index in [-0.39, 0.29) is 11.9 Å². The van der Waals surface area contributed by atoms with Crippen LogP contribution in [0.3, 0.4) is 0 Å². The molecule has 0 radical (unpaired) electrons. The Morgan fingerprint density at radius 3 is 2.63 bits per heavy atom. The second-order valence-electron chi connectivity index (χ2n) is 4.25. The van der Waals surface area contributed by atoms with Crippen molar-refractivity contribution in [3.8, 4) is 0 Å². The number of hydrogen-bond acceptors (Lipinski definition) is 1. The van der Waals surface area contributed by atoms with Crippen molar-refractivity contribution in [2.45, 2.75) is 19.4 Å². The number of halogens is 3. The van der Waals surface area contributed by atoms with Gasteiger partial charge < -0.3 is 5.32 Å². The van der Waals surface area contributed by atoms with Crippen LogP contribution in [0, 0.1) is 9.39 Å². The van der Waals surface area contributed by atoms with E-state index in [0.29, 0.717) is 10.6 Å².